The van der Waals surface area contributed by atoms with Gasteiger partial charge in [-0.3, -0.25) is 9.59 Å². The molecule has 96 valence electrons. The number of amides is 2. The smallest absolute Gasteiger partial charge is 0.255 e. The van der Waals surface area contributed by atoms with E-state index in [9.17, 15) is 9.59 Å². The van der Waals surface area contributed by atoms with Gasteiger partial charge >= 0.3 is 0 Å². The Balaban J connectivity index is 2.25. The largest absolute Gasteiger partial charge is 0.357 e. The van der Waals surface area contributed by atoms with Gasteiger partial charge in [0, 0.05) is 19.2 Å². The zero-order valence-corrected chi connectivity index (χ0v) is 10.8. The number of carbonyl (C=O) groups excluding carboxylic acids is 2. The number of nitrogens with one attached hydrogen (secondary N) is 1. The Hall–Kier alpha value is -1.84. The Morgan fingerprint density at radius 1 is 1.44 bits per heavy atom. The zero-order chi connectivity index (χ0) is 13.1. The first kappa shape index (κ1) is 12.6. The van der Waals surface area contributed by atoms with Crippen LogP contribution >= 0.6 is 0 Å². The lowest BCUT2D eigenvalue weighted by molar-refractivity contribution is -0.125. The van der Waals surface area contributed by atoms with Crippen molar-refractivity contribution in [3.63, 3.8) is 0 Å². The van der Waals surface area contributed by atoms with Crippen molar-refractivity contribution in [2.24, 2.45) is 0 Å². The molecule has 0 saturated carbocycles. The van der Waals surface area contributed by atoms with Crippen LogP contribution in [0, 0.1) is 0 Å². The van der Waals surface area contributed by atoms with Gasteiger partial charge in [-0.1, -0.05) is 31.5 Å². The summed E-state index contributed by atoms with van der Waals surface area (Å²) >= 11 is 0. The molecule has 4 nitrogen and oxygen atoms in total. The summed E-state index contributed by atoms with van der Waals surface area (Å²) in [5, 5.41) is 2.64. The number of benzene rings is 1. The molecule has 2 amide bonds. The topological polar surface area (TPSA) is 49.4 Å². The molecule has 0 fully saturated rings. The normalized spacial score (nSPS) is 15.4. The van der Waals surface area contributed by atoms with Crippen molar-refractivity contribution in [2.75, 3.05) is 7.05 Å². The predicted octanol–water partition coefficient (Wildman–Crippen LogP) is 1.56. The van der Waals surface area contributed by atoms with Crippen LogP contribution in [0.1, 0.15) is 35.7 Å². The van der Waals surface area contributed by atoms with Crippen molar-refractivity contribution in [2.45, 2.75) is 32.4 Å². The van der Waals surface area contributed by atoms with E-state index in [1.54, 1.807) is 11.9 Å². The van der Waals surface area contributed by atoms with Crippen molar-refractivity contribution >= 4 is 11.8 Å². The molecule has 2 rings (SSSR count). The Morgan fingerprint density at radius 3 is 2.78 bits per heavy atom. The van der Waals surface area contributed by atoms with E-state index in [1.807, 2.05) is 31.2 Å². The highest BCUT2D eigenvalue weighted by Gasteiger charge is 2.35. The van der Waals surface area contributed by atoms with Crippen LogP contribution in [0.25, 0.3) is 0 Å². The maximum absolute atomic E-state index is 12.3. The summed E-state index contributed by atoms with van der Waals surface area (Å²) in [6, 6.07) is 7.18. The molecule has 4 heteroatoms. The zero-order valence-electron chi connectivity index (χ0n) is 10.8. The van der Waals surface area contributed by atoms with Crippen LogP contribution in [-0.4, -0.2) is 29.8 Å². The number of likely N-dealkylation sites (N-methyl/N-ethyl adjacent to an activating group) is 1. The van der Waals surface area contributed by atoms with Crippen LogP contribution in [0.4, 0.5) is 0 Å². The first-order valence-electron chi connectivity index (χ1n) is 6.29. The van der Waals surface area contributed by atoms with Gasteiger partial charge in [0.25, 0.3) is 5.91 Å². The van der Waals surface area contributed by atoms with E-state index in [1.165, 1.54) is 0 Å². The van der Waals surface area contributed by atoms with E-state index < -0.39 is 0 Å². The number of hydrogen-bond acceptors (Lipinski definition) is 2. The second-order valence-corrected chi connectivity index (χ2v) is 4.51. The van der Waals surface area contributed by atoms with Gasteiger partial charge in [0.15, 0.2) is 0 Å². The first-order chi connectivity index (χ1) is 8.69. The van der Waals surface area contributed by atoms with Gasteiger partial charge in [-0.25, -0.2) is 0 Å². The van der Waals surface area contributed by atoms with Crippen LogP contribution in [0.2, 0.25) is 0 Å². The Labute approximate surface area is 107 Å². The molecule has 0 aromatic heterocycles. The second-order valence-electron chi connectivity index (χ2n) is 4.51. The molecule has 1 atom stereocenters. The third kappa shape index (κ3) is 2.10. The average Bonchev–Trinajstić information content (AvgIpc) is 2.73. The molecule has 1 aromatic carbocycles. The predicted molar refractivity (Wildman–Crippen MR) is 69.1 cm³/mol. The van der Waals surface area contributed by atoms with E-state index >= 15 is 0 Å². The SMILES string of the molecule is CCCC(C(=O)NC)N1Cc2ccccc2C1=O. The van der Waals surface area contributed by atoms with E-state index in [4.69, 9.17) is 0 Å². The van der Waals surface area contributed by atoms with Crippen molar-refractivity contribution < 1.29 is 9.59 Å². The number of rotatable bonds is 4. The van der Waals surface area contributed by atoms with Crippen LogP contribution in [0.15, 0.2) is 24.3 Å². The maximum atomic E-state index is 12.3. The number of carbonyl (C=O) groups is 2. The number of hydrogen-bond donors (Lipinski definition) is 1. The molecule has 0 aliphatic carbocycles. The molecule has 1 aliphatic rings. The lowest BCUT2D eigenvalue weighted by atomic mass is 10.1. The first-order valence-corrected chi connectivity index (χ1v) is 6.29. The second kappa shape index (κ2) is 5.21. The molecule has 1 aliphatic heterocycles. The van der Waals surface area contributed by atoms with Crippen LogP contribution in [-0.2, 0) is 11.3 Å². The van der Waals surface area contributed by atoms with Crippen LogP contribution in [0.3, 0.4) is 0 Å². The molecular weight excluding hydrogens is 228 g/mol. The Morgan fingerprint density at radius 2 is 2.17 bits per heavy atom. The molecule has 0 saturated heterocycles. The van der Waals surface area contributed by atoms with Gasteiger partial charge in [-0.2, -0.15) is 0 Å². The van der Waals surface area contributed by atoms with E-state index in [2.05, 4.69) is 5.32 Å². The fourth-order valence-electron chi connectivity index (χ4n) is 2.40. The highest BCUT2D eigenvalue weighted by Crippen LogP contribution is 2.25. The molecule has 1 N–H and O–H groups in total. The van der Waals surface area contributed by atoms with Gasteiger partial charge in [0.05, 0.1) is 0 Å². The van der Waals surface area contributed by atoms with Crippen molar-refractivity contribution in [3.8, 4) is 0 Å². The minimum absolute atomic E-state index is 0.0346. The minimum atomic E-state index is -0.361. The summed E-state index contributed by atoms with van der Waals surface area (Å²) in [5.74, 6) is -0.120. The number of fused-ring (bicyclic) bond motifs is 1. The summed E-state index contributed by atoms with van der Waals surface area (Å²) in [6.45, 7) is 2.55. The molecule has 1 heterocycles. The lowest BCUT2D eigenvalue weighted by Gasteiger charge is -2.25. The molecular formula is C14H18N2O2. The van der Waals surface area contributed by atoms with Crippen molar-refractivity contribution in [1.82, 2.24) is 10.2 Å². The van der Waals surface area contributed by atoms with Gasteiger partial charge in [-0.05, 0) is 18.1 Å². The quantitative estimate of drug-likeness (QED) is 0.876. The summed E-state index contributed by atoms with van der Waals surface area (Å²) < 4.78 is 0. The highest BCUT2D eigenvalue weighted by molar-refractivity contribution is 6.01. The average molecular weight is 246 g/mol. The summed E-state index contributed by atoms with van der Waals surface area (Å²) in [6.07, 6.45) is 1.57. The summed E-state index contributed by atoms with van der Waals surface area (Å²) in [5.41, 5.74) is 1.73. The summed E-state index contributed by atoms with van der Waals surface area (Å²) in [4.78, 5) is 25.8. The highest BCUT2D eigenvalue weighted by atomic mass is 16.2. The summed E-state index contributed by atoms with van der Waals surface area (Å²) in [7, 11) is 1.61. The third-order valence-corrected chi connectivity index (χ3v) is 3.34. The molecule has 18 heavy (non-hydrogen) atoms. The fraction of sp³-hybridized carbons (Fsp3) is 0.429. The van der Waals surface area contributed by atoms with Gasteiger partial charge in [0.2, 0.25) is 5.91 Å². The molecule has 0 bridgehead atoms. The molecule has 0 spiro atoms. The molecule has 1 unspecified atom stereocenters. The Kier molecular flexibility index (Phi) is 3.65. The van der Waals surface area contributed by atoms with Crippen LogP contribution in [0.5, 0.6) is 0 Å². The number of nitrogens with zero attached hydrogens (tertiary/aromatic N) is 1. The maximum Gasteiger partial charge on any atom is 0.255 e. The van der Waals surface area contributed by atoms with E-state index in [0.29, 0.717) is 13.0 Å². The molecule has 1 aromatic rings. The van der Waals surface area contributed by atoms with Gasteiger partial charge in [-0.15, -0.1) is 0 Å². The minimum Gasteiger partial charge on any atom is -0.357 e. The fourth-order valence-corrected chi connectivity index (χ4v) is 2.40. The van der Waals surface area contributed by atoms with Crippen molar-refractivity contribution in [3.05, 3.63) is 35.4 Å². The Bertz CT molecular complexity index is 471. The lowest BCUT2D eigenvalue weighted by Crippen LogP contribution is -2.46. The van der Waals surface area contributed by atoms with E-state index in [-0.39, 0.29) is 17.9 Å². The van der Waals surface area contributed by atoms with Crippen LogP contribution < -0.4 is 5.32 Å². The van der Waals surface area contributed by atoms with E-state index in [0.717, 1.165) is 17.5 Å². The van der Waals surface area contributed by atoms with Gasteiger partial charge < -0.3 is 10.2 Å². The van der Waals surface area contributed by atoms with Crippen molar-refractivity contribution in [1.29, 1.82) is 0 Å². The standard InChI is InChI=1S/C14H18N2O2/c1-3-6-12(13(17)15-2)16-9-10-7-4-5-8-11(10)14(16)18/h4-5,7-8,12H,3,6,9H2,1-2H3,(H,15,17). The monoisotopic (exact) mass is 246 g/mol. The molecule has 0 radical (unpaired) electrons. The third-order valence-electron chi connectivity index (χ3n) is 3.34. The van der Waals surface area contributed by atoms with Gasteiger partial charge in [0.1, 0.15) is 6.04 Å².